The molecule has 0 spiro atoms. The number of H-pyrrole nitrogens is 1. The van der Waals surface area contributed by atoms with Crippen LogP contribution >= 0.6 is 0 Å². The summed E-state index contributed by atoms with van der Waals surface area (Å²) in [6, 6.07) is 1.93. The number of carbonyl (C=O) groups is 9. The normalized spacial score (nSPS) is 21.2. The Morgan fingerprint density at radius 1 is 0.730 bits per heavy atom. The van der Waals surface area contributed by atoms with Crippen LogP contribution in [-0.2, 0) is 56.0 Å². The van der Waals surface area contributed by atoms with Crippen molar-refractivity contribution in [1.82, 2.24) is 47.5 Å². The number of aromatic nitrogens is 1. The lowest BCUT2D eigenvalue weighted by molar-refractivity contribution is -0.136. The first-order valence-electron chi connectivity index (χ1n) is 23.9. The number of carbonyl (C=O) groups excluding carboxylic acids is 9. The van der Waals surface area contributed by atoms with Crippen molar-refractivity contribution in [2.24, 2.45) is 38.7 Å². The van der Waals surface area contributed by atoms with Gasteiger partial charge in [-0.05, 0) is 68.2 Å². The predicted octanol–water partition coefficient (Wildman–Crippen LogP) is -4.22. The number of rotatable bonds is 17. The lowest BCUT2D eigenvalue weighted by atomic mass is 10.0. The Morgan fingerprint density at radius 2 is 1.31 bits per heavy atom. The number of nitrogens with two attached hydrogens (primary N) is 5. The van der Waals surface area contributed by atoms with Crippen LogP contribution in [0, 0.1) is 5.82 Å². The second-order valence-electron chi connectivity index (χ2n) is 17.5. The molecule has 3 aromatic rings. The van der Waals surface area contributed by atoms with Crippen LogP contribution in [0.2, 0.25) is 0 Å². The van der Waals surface area contributed by atoms with Crippen molar-refractivity contribution in [2.45, 2.75) is 113 Å². The first-order valence-corrected chi connectivity index (χ1v) is 23.9. The van der Waals surface area contributed by atoms with Gasteiger partial charge in [0.2, 0.25) is 53.2 Å². The molecule has 0 aliphatic carbocycles. The minimum atomic E-state index is -1.83. The van der Waals surface area contributed by atoms with Gasteiger partial charge in [0.25, 0.3) is 0 Å². The number of aliphatic imine (C=N–C) groups is 2. The molecule has 1 aromatic heterocycles. The number of halogens is 1. The minimum Gasteiger partial charge on any atom is -0.394 e. The lowest BCUT2D eigenvalue weighted by Crippen LogP contribution is -2.61. The number of hydrogen-bond acceptors (Lipinski definition) is 12. The highest BCUT2D eigenvalue weighted by Gasteiger charge is 2.35. The Kier molecular flexibility index (Phi) is 23.0. The monoisotopic (exact) mass is 1030 g/mol. The molecule has 0 saturated carbocycles. The molecular formula is C47H67FN16O10. The quantitative estimate of drug-likeness (QED) is 0.0346. The zero-order valence-corrected chi connectivity index (χ0v) is 40.9. The Hall–Kier alpha value is -8.36. The summed E-state index contributed by atoms with van der Waals surface area (Å²) in [6.07, 6.45) is 0.314. The van der Waals surface area contributed by atoms with Gasteiger partial charge in [0.15, 0.2) is 11.9 Å². The second kappa shape index (κ2) is 29.2. The summed E-state index contributed by atoms with van der Waals surface area (Å²) in [5, 5.41) is 31.5. The van der Waals surface area contributed by atoms with Gasteiger partial charge in [-0.2, -0.15) is 0 Å². The number of primary amides is 1. The number of aromatic amines is 1. The number of amides is 9. The van der Waals surface area contributed by atoms with Crippen LogP contribution in [0.5, 0.6) is 0 Å². The second-order valence-corrected chi connectivity index (χ2v) is 17.5. The van der Waals surface area contributed by atoms with E-state index in [2.05, 4.69) is 57.5 Å². The topological polar surface area (TPSA) is 441 Å². The average molecular weight is 1040 g/mol. The maximum absolute atomic E-state index is 15.2. The number of aliphatic hydroxyl groups is 1. The highest BCUT2D eigenvalue weighted by molar-refractivity contribution is 5.98. The van der Waals surface area contributed by atoms with E-state index in [9.17, 15) is 48.3 Å². The molecule has 0 radical (unpaired) electrons. The molecule has 2 aromatic carbocycles. The molecule has 4 rings (SSSR count). The fourth-order valence-electron chi connectivity index (χ4n) is 7.89. The Balaban J connectivity index is 1.75. The number of aliphatic hydroxyl groups excluding tert-OH is 1. The highest BCUT2D eigenvalue weighted by Crippen LogP contribution is 2.20. The maximum Gasteiger partial charge on any atom is 0.245 e. The standard InChI is InChI=1S/C47H67FN16O10/c1-25(66)58-32(14-7-19-55-46(50)51)40(69)61-34-16-17-38(67)54-18-6-13-31(39(49)68)59-43(72)36(22-27-23-57-30-12-5-3-10-28(27)30)62-41(70)33(15-8-20-56-47(52)53)60-44(73)35(21-26-9-2-4-11-29(26)48)63-45(74)37(24-65)64-42(34)71/h2-5,9-12,23,31-37,57,65H,6-8,13-22,24H2,1H3,(H2,49,68)(H,54,67)(H,58,66)(H,59,72)(H,60,73)(H,61,69)(H,62,70)(H,63,74)(H,64,71)(H4,50,51,55)(H4,52,53,56)/t31-,32-,33-,34-,35+,36-,37-/m0/s1. The van der Waals surface area contributed by atoms with E-state index in [-0.39, 0.29) is 82.1 Å². The van der Waals surface area contributed by atoms with E-state index in [0.717, 1.165) is 23.9 Å². The molecule has 2 heterocycles. The highest BCUT2D eigenvalue weighted by atomic mass is 19.1. The van der Waals surface area contributed by atoms with E-state index in [1.54, 1.807) is 30.5 Å². The molecule has 20 N–H and O–H groups in total. The molecule has 1 fully saturated rings. The van der Waals surface area contributed by atoms with E-state index >= 15 is 4.39 Å². The van der Waals surface area contributed by atoms with Gasteiger partial charge >= 0.3 is 0 Å². The third-order valence-corrected chi connectivity index (χ3v) is 11.7. The van der Waals surface area contributed by atoms with Crippen molar-refractivity contribution in [3.8, 4) is 0 Å². The summed E-state index contributed by atoms with van der Waals surface area (Å²) in [5.41, 5.74) is 28.8. The van der Waals surface area contributed by atoms with Crippen molar-refractivity contribution in [3.63, 3.8) is 0 Å². The van der Waals surface area contributed by atoms with E-state index < -0.39 is 127 Å². The van der Waals surface area contributed by atoms with Crippen LogP contribution < -0.4 is 71.2 Å². The molecular weight excluding hydrogens is 968 g/mol. The fourth-order valence-corrected chi connectivity index (χ4v) is 7.89. The van der Waals surface area contributed by atoms with Gasteiger partial charge in [-0.25, -0.2) is 4.39 Å². The Labute approximate surface area is 425 Å². The number of benzene rings is 2. The number of fused-ring (bicyclic) bond motifs is 1. The molecule has 0 bridgehead atoms. The van der Waals surface area contributed by atoms with Crippen LogP contribution in [0.4, 0.5) is 4.39 Å². The van der Waals surface area contributed by atoms with Crippen molar-refractivity contribution >= 4 is 76.0 Å². The summed E-state index contributed by atoms with van der Waals surface area (Å²) in [6.45, 7) is 0.109. The molecule has 402 valence electrons. The number of nitrogens with zero attached hydrogens (tertiary/aromatic N) is 2. The smallest absolute Gasteiger partial charge is 0.245 e. The Bertz CT molecular complexity index is 2530. The van der Waals surface area contributed by atoms with E-state index in [1.807, 2.05) is 0 Å². The van der Waals surface area contributed by atoms with Crippen LogP contribution in [0.25, 0.3) is 10.9 Å². The average Bonchev–Trinajstić information content (AvgIpc) is 3.76. The molecule has 26 nitrogen and oxygen atoms in total. The molecule has 1 saturated heterocycles. The van der Waals surface area contributed by atoms with Gasteiger partial charge in [0, 0.05) is 62.9 Å². The summed E-state index contributed by atoms with van der Waals surface area (Å²) < 4.78 is 15.2. The van der Waals surface area contributed by atoms with Crippen LogP contribution in [-0.4, -0.2) is 144 Å². The van der Waals surface area contributed by atoms with Gasteiger partial charge in [0.05, 0.1) is 6.61 Å². The minimum absolute atomic E-state index is 0.000432. The zero-order valence-electron chi connectivity index (χ0n) is 40.9. The molecule has 7 atom stereocenters. The first-order chi connectivity index (χ1) is 35.3. The van der Waals surface area contributed by atoms with Crippen molar-refractivity contribution < 1.29 is 52.6 Å². The van der Waals surface area contributed by atoms with Gasteiger partial charge in [-0.15, -0.1) is 0 Å². The fraction of sp³-hybridized carbons (Fsp3) is 0.468. The SMILES string of the molecule is CC(=O)N[C@@H](CCCN=C(N)N)C(=O)N[C@H]1CCC(=O)NCCC[C@@H](C(N)=O)NC(=O)[C@H](Cc2c[nH]c3ccccc23)NC(=O)[C@H](CCCN=C(N)N)NC(=O)[C@@H](Cc2ccccc2F)NC(=O)[C@H](CO)NC1=O. The Morgan fingerprint density at radius 3 is 1.96 bits per heavy atom. The molecule has 27 heteroatoms. The first kappa shape index (κ1) is 58.2. The summed E-state index contributed by atoms with van der Waals surface area (Å²) in [4.78, 5) is 134. The predicted molar refractivity (Wildman–Crippen MR) is 269 cm³/mol. The largest absolute Gasteiger partial charge is 0.394 e. The summed E-state index contributed by atoms with van der Waals surface area (Å²) in [5.74, 6) is -9.26. The van der Waals surface area contributed by atoms with E-state index in [0.29, 0.717) is 5.56 Å². The van der Waals surface area contributed by atoms with Crippen LogP contribution in [0.1, 0.15) is 69.4 Å². The van der Waals surface area contributed by atoms with E-state index in [1.165, 1.54) is 18.2 Å². The zero-order chi connectivity index (χ0) is 54.3. The number of para-hydroxylation sites is 1. The van der Waals surface area contributed by atoms with E-state index in [4.69, 9.17) is 28.7 Å². The van der Waals surface area contributed by atoms with Crippen molar-refractivity contribution in [3.05, 3.63) is 71.7 Å². The maximum atomic E-state index is 15.2. The molecule has 1 aliphatic heterocycles. The molecule has 74 heavy (non-hydrogen) atoms. The number of hydrogen-bond donors (Lipinski definition) is 15. The number of guanidine groups is 2. The van der Waals surface area contributed by atoms with Gasteiger partial charge < -0.3 is 81.3 Å². The summed E-state index contributed by atoms with van der Waals surface area (Å²) in [7, 11) is 0. The van der Waals surface area contributed by atoms with Crippen molar-refractivity contribution in [2.75, 3.05) is 26.2 Å². The van der Waals surface area contributed by atoms with Gasteiger partial charge in [-0.1, -0.05) is 36.4 Å². The molecule has 1 aliphatic rings. The van der Waals surface area contributed by atoms with Crippen LogP contribution in [0.15, 0.2) is 64.7 Å². The summed E-state index contributed by atoms with van der Waals surface area (Å²) >= 11 is 0. The third-order valence-electron chi connectivity index (χ3n) is 11.7. The lowest BCUT2D eigenvalue weighted by Gasteiger charge is -2.27. The van der Waals surface area contributed by atoms with Gasteiger partial charge in [0.1, 0.15) is 48.1 Å². The van der Waals surface area contributed by atoms with Crippen molar-refractivity contribution in [1.29, 1.82) is 0 Å². The van der Waals surface area contributed by atoms with Crippen LogP contribution in [0.3, 0.4) is 0 Å². The molecule has 9 amide bonds. The van der Waals surface area contributed by atoms with Gasteiger partial charge in [-0.3, -0.25) is 53.1 Å². The molecule has 0 unspecified atom stereocenters. The number of nitrogens with one attached hydrogen (secondary N) is 9. The third kappa shape index (κ3) is 19.0.